The molecule has 0 aliphatic rings. The molecule has 0 aliphatic heterocycles. The van der Waals surface area contributed by atoms with Crippen molar-refractivity contribution in [3.8, 4) is 11.3 Å². The number of carbonyl (C=O) groups excluding carboxylic acids is 1. The fourth-order valence-electron chi connectivity index (χ4n) is 3.19. The molecule has 0 saturated heterocycles. The molecule has 1 heterocycles. The van der Waals surface area contributed by atoms with Crippen LogP contribution in [0.1, 0.15) is 15.9 Å². The van der Waals surface area contributed by atoms with Crippen molar-refractivity contribution in [2.45, 2.75) is 6.42 Å². The van der Waals surface area contributed by atoms with Crippen LogP contribution >= 0.6 is 0 Å². The molecule has 4 rings (SSSR count). The Morgan fingerprint density at radius 3 is 2.48 bits per heavy atom. The molecule has 3 aromatic carbocycles. The van der Waals surface area contributed by atoms with Crippen LogP contribution in [0.15, 0.2) is 77.3 Å². The Kier molecular flexibility index (Phi) is 5.40. The van der Waals surface area contributed by atoms with Gasteiger partial charge in [-0.2, -0.15) is 0 Å². The van der Waals surface area contributed by atoms with Crippen molar-refractivity contribution in [1.82, 2.24) is 10.1 Å². The van der Waals surface area contributed by atoms with E-state index in [0.717, 1.165) is 35.1 Å². The largest absolute Gasteiger partial charge is 0.355 e. The second kappa shape index (κ2) is 8.29. The lowest BCUT2D eigenvalue weighted by Gasteiger charge is -2.10. The third kappa shape index (κ3) is 4.36. The Hall–Kier alpha value is -3.44. The van der Waals surface area contributed by atoms with Crippen molar-refractivity contribution in [1.29, 1.82) is 0 Å². The van der Waals surface area contributed by atoms with E-state index in [9.17, 15) is 4.79 Å². The van der Waals surface area contributed by atoms with Gasteiger partial charge in [-0.25, -0.2) is 0 Å². The number of aromatic nitrogens is 1. The molecule has 0 atom stereocenters. The summed E-state index contributed by atoms with van der Waals surface area (Å²) in [4.78, 5) is 14.9. The van der Waals surface area contributed by atoms with Crippen LogP contribution in [0.2, 0.25) is 0 Å². The summed E-state index contributed by atoms with van der Waals surface area (Å²) in [5.74, 6) is 0.508. The summed E-state index contributed by atoms with van der Waals surface area (Å²) in [7, 11) is 4.12. The van der Waals surface area contributed by atoms with Crippen molar-refractivity contribution in [3.63, 3.8) is 0 Å². The Labute approximate surface area is 169 Å². The average Bonchev–Trinajstić information content (AvgIpc) is 3.17. The minimum absolute atomic E-state index is 0.159. The molecular weight excluding hydrogens is 362 g/mol. The third-order valence-corrected chi connectivity index (χ3v) is 4.83. The van der Waals surface area contributed by atoms with Gasteiger partial charge in [-0.15, -0.1) is 0 Å². The molecule has 1 N–H and O–H groups in total. The second-order valence-electron chi connectivity index (χ2n) is 7.31. The average molecular weight is 385 g/mol. The highest BCUT2D eigenvalue weighted by Gasteiger charge is 2.14. The van der Waals surface area contributed by atoms with Crippen LogP contribution in [0.5, 0.6) is 0 Å². The van der Waals surface area contributed by atoms with E-state index in [1.54, 1.807) is 6.07 Å². The van der Waals surface area contributed by atoms with Gasteiger partial charge < -0.3 is 14.7 Å². The molecule has 0 unspecified atom stereocenters. The van der Waals surface area contributed by atoms with Crippen molar-refractivity contribution >= 4 is 22.5 Å². The van der Waals surface area contributed by atoms with E-state index in [4.69, 9.17) is 4.52 Å². The molecule has 0 bridgehead atoms. The lowest BCUT2D eigenvalue weighted by Crippen LogP contribution is -2.15. The highest BCUT2D eigenvalue weighted by Crippen LogP contribution is 2.29. The van der Waals surface area contributed by atoms with Crippen molar-refractivity contribution in [2.75, 3.05) is 26.0 Å². The minimum Gasteiger partial charge on any atom is -0.355 e. The van der Waals surface area contributed by atoms with Gasteiger partial charge in [0.1, 0.15) is 5.52 Å². The van der Waals surface area contributed by atoms with Gasteiger partial charge in [-0.3, -0.25) is 4.79 Å². The molecule has 0 aliphatic carbocycles. The summed E-state index contributed by atoms with van der Waals surface area (Å²) < 4.78 is 5.52. The van der Waals surface area contributed by atoms with Crippen molar-refractivity contribution in [2.24, 2.45) is 0 Å². The van der Waals surface area contributed by atoms with Crippen molar-refractivity contribution < 1.29 is 9.32 Å². The summed E-state index contributed by atoms with van der Waals surface area (Å²) in [5.41, 5.74) is 4.24. The summed E-state index contributed by atoms with van der Waals surface area (Å²) in [6.07, 6.45) is 0.980. The minimum atomic E-state index is -0.159. The predicted molar refractivity (Wildman–Crippen MR) is 116 cm³/mol. The zero-order chi connectivity index (χ0) is 20.2. The van der Waals surface area contributed by atoms with Crippen LogP contribution in [0.3, 0.4) is 0 Å². The number of likely N-dealkylation sites (N-methyl/N-ethyl adjacent to an activating group) is 1. The first-order chi connectivity index (χ1) is 14.1. The van der Waals surface area contributed by atoms with Gasteiger partial charge in [0.15, 0.2) is 5.76 Å². The first kappa shape index (κ1) is 18.9. The van der Waals surface area contributed by atoms with Crippen LogP contribution in [-0.2, 0) is 6.42 Å². The first-order valence-corrected chi connectivity index (χ1v) is 9.60. The molecule has 0 fully saturated rings. The topological polar surface area (TPSA) is 58.4 Å². The zero-order valence-electron chi connectivity index (χ0n) is 16.6. The molecule has 0 spiro atoms. The monoisotopic (exact) mass is 385 g/mol. The van der Waals surface area contributed by atoms with Crippen LogP contribution in [0, 0.1) is 0 Å². The van der Waals surface area contributed by atoms with Gasteiger partial charge in [-0.1, -0.05) is 47.6 Å². The zero-order valence-corrected chi connectivity index (χ0v) is 16.6. The summed E-state index contributed by atoms with van der Waals surface area (Å²) >= 11 is 0. The molecule has 4 aromatic rings. The van der Waals surface area contributed by atoms with Crippen LogP contribution in [0.25, 0.3) is 22.2 Å². The van der Waals surface area contributed by atoms with Crippen LogP contribution < -0.4 is 5.32 Å². The van der Waals surface area contributed by atoms with Gasteiger partial charge in [0.2, 0.25) is 0 Å². The number of benzene rings is 3. The second-order valence-corrected chi connectivity index (χ2v) is 7.31. The molecule has 146 valence electrons. The number of carbonyl (C=O) groups is 1. The summed E-state index contributed by atoms with van der Waals surface area (Å²) in [5, 5.41) is 7.90. The molecule has 5 nitrogen and oxygen atoms in total. The Morgan fingerprint density at radius 2 is 1.76 bits per heavy atom. The lowest BCUT2D eigenvalue weighted by molar-refractivity contribution is 0.102. The first-order valence-electron chi connectivity index (χ1n) is 9.60. The number of rotatable bonds is 6. The van der Waals surface area contributed by atoms with Gasteiger partial charge in [0.05, 0.1) is 5.39 Å². The molecular formula is C24H23N3O2. The maximum Gasteiger partial charge on any atom is 0.255 e. The standard InChI is InChI=1S/C24H23N3O2/c1-27(2)15-14-17-8-11-20(12-9-17)25-24(28)19-10-13-22-21(16-19)23(29-26-22)18-6-4-3-5-7-18/h3-13,16H,14-15H2,1-2H3,(H,25,28). The molecule has 0 saturated carbocycles. The molecule has 5 heteroatoms. The third-order valence-electron chi connectivity index (χ3n) is 4.83. The van der Waals surface area contributed by atoms with E-state index in [2.05, 4.69) is 41.6 Å². The maximum absolute atomic E-state index is 12.8. The van der Waals surface area contributed by atoms with Crippen LogP contribution in [0.4, 0.5) is 5.69 Å². The predicted octanol–water partition coefficient (Wildman–Crippen LogP) is 4.85. The quantitative estimate of drug-likeness (QED) is 0.515. The SMILES string of the molecule is CN(C)CCc1ccc(NC(=O)c2ccc3noc(-c4ccccc4)c3c2)cc1. The molecule has 0 radical (unpaired) electrons. The van der Waals surface area contributed by atoms with Crippen LogP contribution in [-0.4, -0.2) is 36.6 Å². The number of hydrogen-bond acceptors (Lipinski definition) is 4. The van der Waals surface area contributed by atoms with Gasteiger partial charge >= 0.3 is 0 Å². The summed E-state index contributed by atoms with van der Waals surface area (Å²) in [6, 6.07) is 23.2. The number of anilines is 1. The Balaban J connectivity index is 1.53. The van der Waals surface area contributed by atoms with Gasteiger partial charge in [0.25, 0.3) is 5.91 Å². The van der Waals surface area contributed by atoms with E-state index in [1.165, 1.54) is 5.56 Å². The van der Waals surface area contributed by atoms with Gasteiger partial charge in [0, 0.05) is 23.4 Å². The lowest BCUT2D eigenvalue weighted by atomic mass is 10.1. The Bertz CT molecular complexity index is 1120. The molecule has 29 heavy (non-hydrogen) atoms. The number of fused-ring (bicyclic) bond motifs is 1. The van der Waals surface area contributed by atoms with E-state index < -0.39 is 0 Å². The number of nitrogens with one attached hydrogen (secondary N) is 1. The fourth-order valence-corrected chi connectivity index (χ4v) is 3.19. The van der Waals surface area contributed by atoms with Gasteiger partial charge in [-0.05, 0) is 56.4 Å². The molecule has 1 aromatic heterocycles. The van der Waals surface area contributed by atoms with E-state index in [1.807, 2.05) is 54.6 Å². The smallest absolute Gasteiger partial charge is 0.255 e. The number of hydrogen-bond donors (Lipinski definition) is 1. The van der Waals surface area contributed by atoms with E-state index >= 15 is 0 Å². The van der Waals surface area contributed by atoms with Crippen molar-refractivity contribution in [3.05, 3.63) is 83.9 Å². The Morgan fingerprint density at radius 1 is 1.00 bits per heavy atom. The molecule has 1 amide bonds. The number of amides is 1. The highest BCUT2D eigenvalue weighted by atomic mass is 16.5. The maximum atomic E-state index is 12.8. The fraction of sp³-hybridized carbons (Fsp3) is 0.167. The number of nitrogens with zero attached hydrogens (tertiary/aromatic N) is 2. The highest BCUT2D eigenvalue weighted by molar-refractivity contribution is 6.07. The van der Waals surface area contributed by atoms with E-state index in [-0.39, 0.29) is 5.91 Å². The normalized spacial score (nSPS) is 11.1. The summed E-state index contributed by atoms with van der Waals surface area (Å²) in [6.45, 7) is 0.994. The van der Waals surface area contributed by atoms with E-state index in [0.29, 0.717) is 11.3 Å².